The lowest BCUT2D eigenvalue weighted by molar-refractivity contribution is 0.0608. The molecule has 0 fully saturated rings. The molecule has 1 amide bonds. The molecule has 0 saturated heterocycles. The van der Waals surface area contributed by atoms with Crippen LogP contribution in [0.15, 0.2) is 41.0 Å². The number of rotatable bonds is 6. The fraction of sp³-hybridized carbons (Fsp3) is 0.286. The normalized spacial score (nSPS) is 12.1. The molecule has 0 radical (unpaired) electrons. The van der Waals surface area contributed by atoms with Crippen molar-refractivity contribution in [1.29, 1.82) is 0 Å². The Morgan fingerprint density at radius 1 is 1.45 bits per heavy atom. The average Bonchev–Trinajstić information content (AvgIpc) is 2.96. The van der Waals surface area contributed by atoms with E-state index in [0.29, 0.717) is 5.89 Å². The topological polar surface area (TPSA) is 84.6 Å². The summed E-state index contributed by atoms with van der Waals surface area (Å²) in [5, 5.41) is 12.0. The molecule has 0 aliphatic carbocycles. The zero-order chi connectivity index (χ0) is 14.4. The van der Waals surface area contributed by atoms with E-state index in [1.165, 1.54) is 13.4 Å². The highest BCUT2D eigenvalue weighted by atomic mass is 16.5. The second-order valence-electron chi connectivity index (χ2n) is 4.22. The van der Waals surface area contributed by atoms with Crippen molar-refractivity contribution in [2.75, 3.05) is 20.3 Å². The van der Waals surface area contributed by atoms with E-state index in [9.17, 15) is 9.90 Å². The van der Waals surface area contributed by atoms with Gasteiger partial charge in [0.2, 0.25) is 5.89 Å². The molecule has 0 bridgehead atoms. The van der Waals surface area contributed by atoms with Crippen molar-refractivity contribution in [3.05, 3.63) is 42.3 Å². The summed E-state index contributed by atoms with van der Waals surface area (Å²) in [7, 11) is 1.48. The van der Waals surface area contributed by atoms with E-state index in [-0.39, 0.29) is 18.8 Å². The number of carbonyl (C=O) groups excluding carboxylic acids is 1. The van der Waals surface area contributed by atoms with Crippen molar-refractivity contribution in [1.82, 2.24) is 10.3 Å². The number of benzene rings is 1. The van der Waals surface area contributed by atoms with Gasteiger partial charge < -0.3 is 19.6 Å². The van der Waals surface area contributed by atoms with Crippen molar-refractivity contribution < 1.29 is 19.1 Å². The third kappa shape index (κ3) is 3.66. The van der Waals surface area contributed by atoms with Crippen LogP contribution in [-0.2, 0) is 4.74 Å². The lowest BCUT2D eigenvalue weighted by Crippen LogP contribution is -2.34. The van der Waals surface area contributed by atoms with Crippen LogP contribution in [0, 0.1) is 0 Å². The van der Waals surface area contributed by atoms with Gasteiger partial charge in [-0.05, 0) is 12.1 Å². The molecule has 1 unspecified atom stereocenters. The molecule has 2 aromatic rings. The molecule has 1 aromatic heterocycles. The maximum Gasteiger partial charge on any atom is 0.273 e. The van der Waals surface area contributed by atoms with Gasteiger partial charge in [-0.2, -0.15) is 0 Å². The van der Waals surface area contributed by atoms with Crippen LogP contribution < -0.4 is 5.32 Å². The molecule has 0 spiro atoms. The lowest BCUT2D eigenvalue weighted by atomic mass is 10.2. The molecule has 6 nitrogen and oxygen atoms in total. The Morgan fingerprint density at radius 3 is 2.90 bits per heavy atom. The molecule has 1 atom stereocenters. The third-order valence-electron chi connectivity index (χ3n) is 2.61. The van der Waals surface area contributed by atoms with Gasteiger partial charge in [0.15, 0.2) is 5.69 Å². The van der Waals surface area contributed by atoms with E-state index in [1.54, 1.807) is 0 Å². The van der Waals surface area contributed by atoms with Crippen molar-refractivity contribution in [2.24, 2.45) is 0 Å². The Bertz CT molecular complexity index is 553. The van der Waals surface area contributed by atoms with Gasteiger partial charge in [-0.3, -0.25) is 4.79 Å². The van der Waals surface area contributed by atoms with Crippen LogP contribution in [0.5, 0.6) is 0 Å². The highest BCUT2D eigenvalue weighted by molar-refractivity contribution is 5.92. The van der Waals surface area contributed by atoms with E-state index in [2.05, 4.69) is 10.3 Å². The summed E-state index contributed by atoms with van der Waals surface area (Å²) in [6.07, 6.45) is 0.546. The number of oxazole rings is 1. The summed E-state index contributed by atoms with van der Waals surface area (Å²) in [6.45, 7) is 0.258. The summed E-state index contributed by atoms with van der Waals surface area (Å²) >= 11 is 0. The second-order valence-corrected chi connectivity index (χ2v) is 4.22. The number of aliphatic hydroxyl groups excluding tert-OH is 1. The van der Waals surface area contributed by atoms with Gasteiger partial charge >= 0.3 is 0 Å². The summed E-state index contributed by atoms with van der Waals surface area (Å²) in [4.78, 5) is 15.9. The number of methoxy groups -OCH3 is 1. The van der Waals surface area contributed by atoms with Gasteiger partial charge in [0, 0.05) is 19.2 Å². The summed E-state index contributed by atoms with van der Waals surface area (Å²) in [5.41, 5.74) is 0.972. The number of ether oxygens (including phenoxy) is 1. The third-order valence-corrected chi connectivity index (χ3v) is 2.61. The number of hydrogen-bond donors (Lipinski definition) is 2. The van der Waals surface area contributed by atoms with Crippen molar-refractivity contribution in [3.8, 4) is 11.5 Å². The Balaban J connectivity index is 1.97. The summed E-state index contributed by atoms with van der Waals surface area (Å²) in [6, 6.07) is 9.30. The molecule has 0 aliphatic heterocycles. The first-order chi connectivity index (χ1) is 9.70. The van der Waals surface area contributed by atoms with Crippen LogP contribution >= 0.6 is 0 Å². The quantitative estimate of drug-likeness (QED) is 0.824. The standard InChI is InChI=1S/C14H16N2O4/c1-19-8-11(17)7-15-13(18)12-9-20-14(16-12)10-5-3-2-4-6-10/h2-6,9,11,17H,7-8H2,1H3,(H,15,18). The largest absolute Gasteiger partial charge is 0.444 e. The Hall–Kier alpha value is -2.18. The number of aliphatic hydroxyl groups is 1. The number of nitrogens with zero attached hydrogens (tertiary/aromatic N) is 1. The van der Waals surface area contributed by atoms with Crippen LogP contribution in [0.3, 0.4) is 0 Å². The van der Waals surface area contributed by atoms with E-state index < -0.39 is 12.0 Å². The molecule has 0 aliphatic rings. The summed E-state index contributed by atoms with van der Waals surface area (Å²) < 4.78 is 10.0. The van der Waals surface area contributed by atoms with E-state index in [0.717, 1.165) is 5.56 Å². The van der Waals surface area contributed by atoms with Crippen LogP contribution in [0.25, 0.3) is 11.5 Å². The van der Waals surface area contributed by atoms with Crippen molar-refractivity contribution in [3.63, 3.8) is 0 Å². The number of hydrogen-bond acceptors (Lipinski definition) is 5. The van der Waals surface area contributed by atoms with E-state index in [4.69, 9.17) is 9.15 Å². The molecule has 2 N–H and O–H groups in total. The van der Waals surface area contributed by atoms with Crippen LogP contribution in [0.2, 0.25) is 0 Å². The van der Waals surface area contributed by atoms with Gasteiger partial charge in [0.05, 0.1) is 12.7 Å². The Labute approximate surface area is 116 Å². The summed E-state index contributed by atoms with van der Waals surface area (Å²) in [5.74, 6) is -0.0146. The molecule has 0 saturated carbocycles. The average molecular weight is 276 g/mol. The fourth-order valence-electron chi connectivity index (χ4n) is 1.64. The Kier molecular flexibility index (Phi) is 4.86. The van der Waals surface area contributed by atoms with Crippen molar-refractivity contribution in [2.45, 2.75) is 6.10 Å². The van der Waals surface area contributed by atoms with Crippen molar-refractivity contribution >= 4 is 5.91 Å². The highest BCUT2D eigenvalue weighted by Gasteiger charge is 2.14. The first-order valence-corrected chi connectivity index (χ1v) is 6.17. The van der Waals surface area contributed by atoms with Gasteiger partial charge in [-0.1, -0.05) is 18.2 Å². The zero-order valence-corrected chi connectivity index (χ0v) is 11.1. The number of aromatic nitrogens is 1. The van der Waals surface area contributed by atoms with E-state index >= 15 is 0 Å². The zero-order valence-electron chi connectivity index (χ0n) is 11.1. The van der Waals surface area contributed by atoms with Crippen LogP contribution in [-0.4, -0.2) is 42.4 Å². The maximum atomic E-state index is 11.8. The molecule has 6 heteroatoms. The molecular formula is C14H16N2O4. The number of carbonyl (C=O) groups is 1. The molecule has 106 valence electrons. The van der Waals surface area contributed by atoms with Gasteiger partial charge in [-0.25, -0.2) is 4.98 Å². The van der Waals surface area contributed by atoms with E-state index in [1.807, 2.05) is 30.3 Å². The number of nitrogens with one attached hydrogen (secondary N) is 1. The molecular weight excluding hydrogens is 260 g/mol. The molecule has 20 heavy (non-hydrogen) atoms. The minimum absolute atomic E-state index is 0.0974. The number of amides is 1. The predicted octanol–water partition coefficient (Wildman–Crippen LogP) is 1.08. The first kappa shape index (κ1) is 14.2. The molecule has 1 heterocycles. The predicted molar refractivity (Wildman–Crippen MR) is 72.2 cm³/mol. The van der Waals surface area contributed by atoms with Crippen LogP contribution in [0.4, 0.5) is 0 Å². The maximum absolute atomic E-state index is 11.8. The highest BCUT2D eigenvalue weighted by Crippen LogP contribution is 2.17. The van der Waals surface area contributed by atoms with Gasteiger partial charge in [0.25, 0.3) is 5.91 Å². The smallest absolute Gasteiger partial charge is 0.273 e. The minimum atomic E-state index is -0.746. The fourth-order valence-corrected chi connectivity index (χ4v) is 1.64. The molecule has 1 aromatic carbocycles. The monoisotopic (exact) mass is 276 g/mol. The Morgan fingerprint density at radius 2 is 2.20 bits per heavy atom. The second kappa shape index (κ2) is 6.83. The van der Waals surface area contributed by atoms with Gasteiger partial charge in [0.1, 0.15) is 6.26 Å². The SMILES string of the molecule is COCC(O)CNC(=O)c1coc(-c2ccccc2)n1. The lowest BCUT2D eigenvalue weighted by Gasteiger charge is -2.09. The molecule has 2 rings (SSSR count). The first-order valence-electron chi connectivity index (χ1n) is 6.17. The minimum Gasteiger partial charge on any atom is -0.444 e. The van der Waals surface area contributed by atoms with Gasteiger partial charge in [-0.15, -0.1) is 0 Å². The van der Waals surface area contributed by atoms with Crippen LogP contribution in [0.1, 0.15) is 10.5 Å².